The summed E-state index contributed by atoms with van der Waals surface area (Å²) in [5, 5.41) is 20.2. The average molecular weight is 296 g/mol. The lowest BCUT2D eigenvalue weighted by molar-refractivity contribution is -0.250. The fourth-order valence-corrected chi connectivity index (χ4v) is 3.75. The number of aliphatic hydroxyl groups excluding tert-OH is 1. The number of hydrogen-bond acceptors (Lipinski definition) is 4. The number of hydrogen-bond donors (Lipinski definition) is 2. The zero-order valence-electron chi connectivity index (χ0n) is 13.6. The summed E-state index contributed by atoms with van der Waals surface area (Å²) in [6.45, 7) is 9.36. The van der Waals surface area contributed by atoms with E-state index >= 15 is 0 Å². The number of rotatable bonds is 3. The van der Waals surface area contributed by atoms with Crippen LogP contribution in [0.4, 0.5) is 0 Å². The van der Waals surface area contributed by atoms with Gasteiger partial charge < -0.3 is 19.7 Å². The van der Waals surface area contributed by atoms with Gasteiger partial charge in [0, 0.05) is 18.3 Å². The normalized spacial score (nSPS) is 35.7. The molecule has 0 bridgehead atoms. The molecule has 2 N–H and O–H groups in total. The summed E-state index contributed by atoms with van der Waals surface area (Å²) in [7, 11) is 0. The van der Waals surface area contributed by atoms with Crippen molar-refractivity contribution in [2.24, 2.45) is 11.3 Å². The molecule has 0 aromatic rings. The third kappa shape index (κ3) is 3.09. The molecule has 2 unspecified atom stereocenters. The molecule has 1 spiro atoms. The van der Waals surface area contributed by atoms with Crippen molar-refractivity contribution in [2.75, 3.05) is 19.8 Å². The molecule has 1 heterocycles. The Morgan fingerprint density at radius 2 is 1.90 bits per heavy atom. The molecule has 1 saturated heterocycles. The monoisotopic (exact) mass is 296 g/mol. The van der Waals surface area contributed by atoms with E-state index < -0.39 is 11.4 Å². The third-order valence-electron chi connectivity index (χ3n) is 4.99. The van der Waals surface area contributed by atoms with Crippen molar-refractivity contribution in [1.82, 2.24) is 0 Å². The molecule has 1 aliphatic heterocycles. The summed E-state index contributed by atoms with van der Waals surface area (Å²) in [4.78, 5) is 0. The van der Waals surface area contributed by atoms with Crippen LogP contribution in [0.3, 0.4) is 0 Å². The maximum absolute atomic E-state index is 11.2. The van der Waals surface area contributed by atoms with Gasteiger partial charge in [-0.05, 0) is 12.8 Å². The summed E-state index contributed by atoms with van der Waals surface area (Å²) < 4.78 is 11.7. The van der Waals surface area contributed by atoms with Crippen molar-refractivity contribution in [1.29, 1.82) is 0 Å². The van der Waals surface area contributed by atoms with E-state index in [-0.39, 0.29) is 17.9 Å². The summed E-state index contributed by atoms with van der Waals surface area (Å²) in [6.07, 6.45) is 6.86. The van der Waals surface area contributed by atoms with E-state index in [0.29, 0.717) is 26.1 Å². The Kier molecular flexibility index (Phi) is 4.64. The highest BCUT2D eigenvalue weighted by Crippen LogP contribution is 2.54. The maximum atomic E-state index is 11.2. The van der Waals surface area contributed by atoms with Gasteiger partial charge in [0.2, 0.25) is 0 Å². The van der Waals surface area contributed by atoms with Crippen LogP contribution in [-0.4, -0.2) is 41.4 Å². The highest BCUT2D eigenvalue weighted by Gasteiger charge is 2.58. The van der Waals surface area contributed by atoms with E-state index in [4.69, 9.17) is 14.6 Å². The van der Waals surface area contributed by atoms with Crippen molar-refractivity contribution in [3.05, 3.63) is 23.8 Å². The topological polar surface area (TPSA) is 58.9 Å². The van der Waals surface area contributed by atoms with Gasteiger partial charge in [-0.3, -0.25) is 0 Å². The first-order chi connectivity index (χ1) is 9.75. The molecule has 0 aromatic carbocycles. The molecular weight excluding hydrogens is 268 g/mol. The van der Waals surface area contributed by atoms with E-state index in [0.717, 1.165) is 5.57 Å². The predicted octanol–water partition coefficient (Wildman–Crippen LogP) is 2.41. The fourth-order valence-electron chi connectivity index (χ4n) is 3.75. The highest BCUT2D eigenvalue weighted by molar-refractivity contribution is 5.24. The lowest BCUT2D eigenvalue weighted by Gasteiger charge is -2.54. The van der Waals surface area contributed by atoms with E-state index in [1.165, 1.54) is 0 Å². The summed E-state index contributed by atoms with van der Waals surface area (Å²) in [6, 6.07) is 0. The largest absolute Gasteiger partial charge is 0.392 e. The van der Waals surface area contributed by atoms with Gasteiger partial charge in [-0.25, -0.2) is 0 Å². The molecule has 0 amide bonds. The molecule has 4 heteroatoms. The van der Waals surface area contributed by atoms with Crippen LogP contribution in [0.2, 0.25) is 0 Å². The Balaban J connectivity index is 2.24. The number of aliphatic hydroxyl groups is 2. The van der Waals surface area contributed by atoms with Crippen molar-refractivity contribution < 1.29 is 19.7 Å². The van der Waals surface area contributed by atoms with Gasteiger partial charge >= 0.3 is 0 Å². The lowest BCUT2D eigenvalue weighted by atomic mass is 9.58. The highest BCUT2D eigenvalue weighted by atomic mass is 16.7. The van der Waals surface area contributed by atoms with Crippen LogP contribution in [0.1, 0.15) is 40.5 Å². The minimum atomic E-state index is -0.919. The van der Waals surface area contributed by atoms with Gasteiger partial charge in [-0.1, -0.05) is 44.6 Å². The van der Waals surface area contributed by atoms with Gasteiger partial charge in [0.05, 0.1) is 25.4 Å². The summed E-state index contributed by atoms with van der Waals surface area (Å²) >= 11 is 0. The summed E-state index contributed by atoms with van der Waals surface area (Å²) in [5.74, 6) is -0.503. The maximum Gasteiger partial charge on any atom is 0.169 e. The molecular formula is C17H28O4. The van der Waals surface area contributed by atoms with E-state index in [1.54, 1.807) is 6.08 Å². The van der Waals surface area contributed by atoms with E-state index in [1.807, 2.05) is 26.0 Å². The van der Waals surface area contributed by atoms with E-state index in [2.05, 4.69) is 13.8 Å². The molecule has 1 saturated carbocycles. The van der Waals surface area contributed by atoms with Crippen LogP contribution < -0.4 is 0 Å². The van der Waals surface area contributed by atoms with Gasteiger partial charge in [0.25, 0.3) is 0 Å². The zero-order valence-corrected chi connectivity index (χ0v) is 13.6. The standard InChI is InChI=1S/C17H28O4/c1-13(6-8-18)5-7-17(19)14(2)11-16(12-15(17,3)4)20-9-10-21-16/h5-7,14,18-19H,8-12H2,1-4H3/b7-5+,13-6-. The zero-order chi connectivity index (χ0) is 15.7. The number of ether oxygens (including phenoxy) is 2. The predicted molar refractivity (Wildman–Crippen MR) is 81.7 cm³/mol. The van der Waals surface area contributed by atoms with Crippen LogP contribution in [-0.2, 0) is 9.47 Å². The Hall–Kier alpha value is -0.680. The second kappa shape index (κ2) is 5.84. The Bertz CT molecular complexity index is 432. The van der Waals surface area contributed by atoms with Crippen LogP contribution in [0.15, 0.2) is 23.8 Å². The van der Waals surface area contributed by atoms with Gasteiger partial charge in [-0.15, -0.1) is 0 Å². The van der Waals surface area contributed by atoms with Crippen molar-refractivity contribution in [3.8, 4) is 0 Å². The van der Waals surface area contributed by atoms with Crippen LogP contribution >= 0.6 is 0 Å². The lowest BCUT2D eigenvalue weighted by Crippen LogP contribution is -2.58. The molecule has 0 radical (unpaired) electrons. The molecule has 2 fully saturated rings. The first-order valence-electron chi connectivity index (χ1n) is 7.72. The van der Waals surface area contributed by atoms with Crippen LogP contribution in [0.25, 0.3) is 0 Å². The van der Waals surface area contributed by atoms with Gasteiger partial charge in [0.15, 0.2) is 5.79 Å². The quantitative estimate of drug-likeness (QED) is 0.785. The van der Waals surface area contributed by atoms with Gasteiger partial charge in [-0.2, -0.15) is 0 Å². The molecule has 2 atom stereocenters. The van der Waals surface area contributed by atoms with Crippen molar-refractivity contribution in [2.45, 2.75) is 51.9 Å². The molecule has 0 aromatic heterocycles. The third-order valence-corrected chi connectivity index (χ3v) is 4.99. The van der Waals surface area contributed by atoms with Crippen LogP contribution in [0, 0.1) is 11.3 Å². The smallest absolute Gasteiger partial charge is 0.169 e. The SMILES string of the molecule is CC(=C/CO)/C=C/C1(O)C(C)CC2(CC1(C)C)OCCO2. The summed E-state index contributed by atoms with van der Waals surface area (Å²) in [5.41, 5.74) is -0.328. The minimum Gasteiger partial charge on any atom is -0.392 e. The Labute approximate surface area is 127 Å². The Morgan fingerprint density at radius 1 is 1.29 bits per heavy atom. The number of allylic oxidation sites excluding steroid dienone is 2. The Morgan fingerprint density at radius 3 is 2.43 bits per heavy atom. The fraction of sp³-hybridized carbons (Fsp3) is 0.765. The minimum absolute atomic E-state index is 0.0122. The first kappa shape index (κ1) is 16.7. The van der Waals surface area contributed by atoms with Crippen molar-refractivity contribution >= 4 is 0 Å². The average Bonchev–Trinajstić information content (AvgIpc) is 2.81. The molecule has 4 nitrogen and oxygen atoms in total. The molecule has 2 rings (SSSR count). The van der Waals surface area contributed by atoms with E-state index in [9.17, 15) is 5.11 Å². The second-order valence-corrected chi connectivity index (χ2v) is 7.06. The van der Waals surface area contributed by atoms with Crippen molar-refractivity contribution in [3.63, 3.8) is 0 Å². The molecule has 1 aliphatic carbocycles. The van der Waals surface area contributed by atoms with Crippen LogP contribution in [0.5, 0.6) is 0 Å². The molecule has 2 aliphatic rings. The second-order valence-electron chi connectivity index (χ2n) is 7.06. The van der Waals surface area contributed by atoms with Gasteiger partial charge in [0.1, 0.15) is 0 Å². The molecule has 120 valence electrons. The first-order valence-corrected chi connectivity index (χ1v) is 7.72. The molecule has 21 heavy (non-hydrogen) atoms.